The van der Waals surface area contributed by atoms with E-state index in [4.69, 9.17) is 5.73 Å². The van der Waals surface area contributed by atoms with Gasteiger partial charge in [0.2, 0.25) is 0 Å². The molecule has 1 aromatic heterocycles. The quantitative estimate of drug-likeness (QED) is 0.657. The standard InChI is InChI=1S/C7H11N3/c8-7-9-3-4-10(7)5-6-1-2-6/h3-4,6H,1-2,5H2,(H2,8,9). The number of hydrogen-bond donors (Lipinski definition) is 1. The molecule has 1 saturated carbocycles. The average molecular weight is 137 g/mol. The fraction of sp³-hybridized carbons (Fsp3) is 0.571. The molecule has 3 heteroatoms. The summed E-state index contributed by atoms with van der Waals surface area (Å²) in [5, 5.41) is 0. The third kappa shape index (κ3) is 0.988. The zero-order chi connectivity index (χ0) is 6.97. The van der Waals surface area contributed by atoms with Crippen molar-refractivity contribution in [1.82, 2.24) is 9.55 Å². The Morgan fingerprint density at radius 3 is 3.00 bits per heavy atom. The Labute approximate surface area is 59.9 Å². The van der Waals surface area contributed by atoms with Crippen LogP contribution in [0.4, 0.5) is 5.95 Å². The number of aromatic nitrogens is 2. The topological polar surface area (TPSA) is 43.8 Å². The molecule has 0 saturated heterocycles. The fourth-order valence-electron chi connectivity index (χ4n) is 1.07. The van der Waals surface area contributed by atoms with Crippen LogP contribution in [0.3, 0.4) is 0 Å². The normalized spacial score (nSPS) is 17.6. The molecule has 2 N–H and O–H groups in total. The van der Waals surface area contributed by atoms with Gasteiger partial charge >= 0.3 is 0 Å². The van der Waals surface area contributed by atoms with Gasteiger partial charge < -0.3 is 10.3 Å². The maximum absolute atomic E-state index is 5.57. The van der Waals surface area contributed by atoms with Crippen molar-refractivity contribution in [3.63, 3.8) is 0 Å². The van der Waals surface area contributed by atoms with Crippen molar-refractivity contribution in [3.05, 3.63) is 12.4 Å². The van der Waals surface area contributed by atoms with Crippen molar-refractivity contribution in [3.8, 4) is 0 Å². The molecule has 1 fully saturated rings. The van der Waals surface area contributed by atoms with Crippen LogP contribution in [0.15, 0.2) is 12.4 Å². The molecule has 0 aromatic carbocycles. The monoisotopic (exact) mass is 137 g/mol. The van der Waals surface area contributed by atoms with E-state index in [1.54, 1.807) is 6.20 Å². The second kappa shape index (κ2) is 2.01. The summed E-state index contributed by atoms with van der Waals surface area (Å²) in [5.41, 5.74) is 5.57. The van der Waals surface area contributed by atoms with Gasteiger partial charge in [-0.3, -0.25) is 0 Å². The van der Waals surface area contributed by atoms with E-state index < -0.39 is 0 Å². The number of imidazole rings is 1. The molecule has 0 unspecified atom stereocenters. The van der Waals surface area contributed by atoms with Crippen molar-refractivity contribution in [2.75, 3.05) is 5.73 Å². The Bertz CT molecular complexity index is 225. The Balaban J connectivity index is 2.08. The van der Waals surface area contributed by atoms with Crippen molar-refractivity contribution >= 4 is 5.95 Å². The molecule has 0 bridgehead atoms. The zero-order valence-electron chi connectivity index (χ0n) is 5.83. The van der Waals surface area contributed by atoms with Crippen LogP contribution in [-0.4, -0.2) is 9.55 Å². The van der Waals surface area contributed by atoms with E-state index in [-0.39, 0.29) is 0 Å². The van der Waals surface area contributed by atoms with E-state index in [9.17, 15) is 0 Å². The van der Waals surface area contributed by atoms with Crippen LogP contribution in [0.5, 0.6) is 0 Å². The smallest absolute Gasteiger partial charge is 0.200 e. The molecular formula is C7H11N3. The summed E-state index contributed by atoms with van der Waals surface area (Å²) in [5.74, 6) is 1.52. The first-order chi connectivity index (χ1) is 4.86. The van der Waals surface area contributed by atoms with Crippen molar-refractivity contribution in [2.24, 2.45) is 5.92 Å². The van der Waals surface area contributed by atoms with Gasteiger partial charge in [0, 0.05) is 18.9 Å². The summed E-state index contributed by atoms with van der Waals surface area (Å²) >= 11 is 0. The number of rotatable bonds is 2. The van der Waals surface area contributed by atoms with E-state index in [1.807, 2.05) is 10.8 Å². The van der Waals surface area contributed by atoms with Gasteiger partial charge in [0.1, 0.15) is 0 Å². The predicted octanol–water partition coefficient (Wildman–Crippen LogP) is 0.875. The summed E-state index contributed by atoms with van der Waals surface area (Å²) < 4.78 is 2.01. The van der Waals surface area contributed by atoms with E-state index in [1.165, 1.54) is 12.8 Å². The molecule has 54 valence electrons. The molecule has 0 spiro atoms. The summed E-state index contributed by atoms with van der Waals surface area (Å²) in [7, 11) is 0. The molecular weight excluding hydrogens is 126 g/mol. The van der Waals surface area contributed by atoms with Gasteiger partial charge in [0.15, 0.2) is 5.95 Å². The van der Waals surface area contributed by atoms with Crippen LogP contribution < -0.4 is 5.73 Å². The number of nitrogens with two attached hydrogens (primary N) is 1. The fourth-order valence-corrected chi connectivity index (χ4v) is 1.07. The lowest BCUT2D eigenvalue weighted by molar-refractivity contribution is 0.635. The minimum Gasteiger partial charge on any atom is -0.369 e. The van der Waals surface area contributed by atoms with Crippen LogP contribution in [0.25, 0.3) is 0 Å². The van der Waals surface area contributed by atoms with Crippen LogP contribution in [0.1, 0.15) is 12.8 Å². The molecule has 0 amide bonds. The second-order valence-corrected chi connectivity index (χ2v) is 2.88. The van der Waals surface area contributed by atoms with Crippen molar-refractivity contribution in [2.45, 2.75) is 19.4 Å². The Kier molecular flexibility index (Phi) is 1.16. The van der Waals surface area contributed by atoms with Gasteiger partial charge in [-0.05, 0) is 18.8 Å². The first-order valence-electron chi connectivity index (χ1n) is 3.63. The van der Waals surface area contributed by atoms with Gasteiger partial charge in [-0.2, -0.15) is 0 Å². The average Bonchev–Trinajstić information content (AvgIpc) is 2.62. The van der Waals surface area contributed by atoms with Crippen LogP contribution in [0, 0.1) is 5.92 Å². The maximum atomic E-state index is 5.57. The molecule has 10 heavy (non-hydrogen) atoms. The Morgan fingerprint density at radius 1 is 1.70 bits per heavy atom. The molecule has 0 atom stereocenters. The van der Waals surface area contributed by atoms with E-state index in [0.717, 1.165) is 12.5 Å². The molecule has 0 aliphatic heterocycles. The minimum absolute atomic E-state index is 0.645. The third-order valence-corrected chi connectivity index (χ3v) is 1.90. The van der Waals surface area contributed by atoms with E-state index in [2.05, 4.69) is 4.98 Å². The highest BCUT2D eigenvalue weighted by molar-refractivity contribution is 5.16. The molecule has 1 heterocycles. The van der Waals surface area contributed by atoms with Gasteiger partial charge in [-0.25, -0.2) is 4.98 Å². The highest BCUT2D eigenvalue weighted by Crippen LogP contribution is 2.30. The minimum atomic E-state index is 0.645. The van der Waals surface area contributed by atoms with Gasteiger partial charge in [-0.1, -0.05) is 0 Å². The van der Waals surface area contributed by atoms with Crippen molar-refractivity contribution < 1.29 is 0 Å². The Hall–Kier alpha value is -0.990. The predicted molar refractivity (Wildman–Crippen MR) is 39.4 cm³/mol. The van der Waals surface area contributed by atoms with Crippen LogP contribution in [-0.2, 0) is 6.54 Å². The van der Waals surface area contributed by atoms with E-state index in [0.29, 0.717) is 5.95 Å². The second-order valence-electron chi connectivity index (χ2n) is 2.88. The van der Waals surface area contributed by atoms with Gasteiger partial charge in [-0.15, -0.1) is 0 Å². The molecule has 2 rings (SSSR count). The number of nitrogen functional groups attached to an aromatic ring is 1. The summed E-state index contributed by atoms with van der Waals surface area (Å²) in [6.07, 6.45) is 6.40. The van der Waals surface area contributed by atoms with E-state index >= 15 is 0 Å². The zero-order valence-corrected chi connectivity index (χ0v) is 5.83. The first-order valence-corrected chi connectivity index (χ1v) is 3.63. The summed E-state index contributed by atoms with van der Waals surface area (Å²) in [6, 6.07) is 0. The van der Waals surface area contributed by atoms with Crippen molar-refractivity contribution in [1.29, 1.82) is 0 Å². The molecule has 3 nitrogen and oxygen atoms in total. The maximum Gasteiger partial charge on any atom is 0.200 e. The SMILES string of the molecule is Nc1nccn1CC1CC1. The lowest BCUT2D eigenvalue weighted by Gasteiger charge is -2.00. The lowest BCUT2D eigenvalue weighted by atomic mass is 10.4. The largest absolute Gasteiger partial charge is 0.369 e. The number of anilines is 1. The van der Waals surface area contributed by atoms with Crippen LogP contribution >= 0.6 is 0 Å². The summed E-state index contributed by atoms with van der Waals surface area (Å²) in [4.78, 5) is 3.94. The first kappa shape index (κ1) is 5.77. The molecule has 1 aromatic rings. The molecule has 0 radical (unpaired) electrons. The molecule has 1 aliphatic carbocycles. The highest BCUT2D eigenvalue weighted by Gasteiger charge is 2.21. The van der Waals surface area contributed by atoms with Gasteiger partial charge in [0.25, 0.3) is 0 Å². The third-order valence-electron chi connectivity index (χ3n) is 1.90. The Morgan fingerprint density at radius 2 is 2.50 bits per heavy atom. The lowest BCUT2D eigenvalue weighted by Crippen LogP contribution is -2.03. The van der Waals surface area contributed by atoms with Gasteiger partial charge in [0.05, 0.1) is 0 Å². The number of nitrogens with zero attached hydrogens (tertiary/aromatic N) is 2. The summed E-state index contributed by atoms with van der Waals surface area (Å²) in [6.45, 7) is 1.06. The number of hydrogen-bond acceptors (Lipinski definition) is 2. The van der Waals surface area contributed by atoms with Crippen LogP contribution in [0.2, 0.25) is 0 Å². The highest BCUT2D eigenvalue weighted by atomic mass is 15.1. The molecule has 1 aliphatic rings.